The molecule has 0 saturated heterocycles. The van der Waals surface area contributed by atoms with Crippen molar-refractivity contribution in [3.8, 4) is 0 Å². The molecule has 2 rings (SSSR count). The fourth-order valence-corrected chi connectivity index (χ4v) is 2.75. The number of halogens is 2. The van der Waals surface area contributed by atoms with Crippen molar-refractivity contribution in [2.75, 3.05) is 0 Å². The first-order valence-electron chi connectivity index (χ1n) is 6.73. The van der Waals surface area contributed by atoms with Crippen molar-refractivity contribution in [2.24, 2.45) is 5.73 Å². The van der Waals surface area contributed by atoms with Crippen LogP contribution in [0.25, 0.3) is 0 Å². The lowest BCUT2D eigenvalue weighted by atomic mass is 10.0. The second-order valence-corrected chi connectivity index (χ2v) is 5.75. The van der Waals surface area contributed by atoms with Gasteiger partial charge in [-0.3, -0.25) is 4.68 Å². The molecule has 0 spiro atoms. The smallest absolute Gasteiger partial charge is 0.123 e. The fraction of sp³-hybridized carbons (Fsp3) is 0.400. The molecule has 1 aromatic heterocycles. The maximum Gasteiger partial charge on any atom is 0.123 e. The maximum atomic E-state index is 12.9. The molecule has 3 nitrogen and oxygen atoms in total. The number of hydrogen-bond acceptors (Lipinski definition) is 2. The molecule has 0 radical (unpaired) electrons. The van der Waals surface area contributed by atoms with Gasteiger partial charge in [0.2, 0.25) is 0 Å². The first-order valence-corrected chi connectivity index (χ1v) is 7.52. The zero-order chi connectivity index (χ0) is 14.7. The molecule has 0 aliphatic carbocycles. The number of hydrogen-bond donors (Lipinski definition) is 1. The van der Waals surface area contributed by atoms with Crippen LogP contribution in [0, 0.1) is 12.7 Å². The molecule has 1 heterocycles. The van der Waals surface area contributed by atoms with Gasteiger partial charge in [-0.25, -0.2) is 4.39 Å². The van der Waals surface area contributed by atoms with Crippen LogP contribution in [0.1, 0.15) is 23.9 Å². The van der Waals surface area contributed by atoms with E-state index >= 15 is 0 Å². The van der Waals surface area contributed by atoms with Gasteiger partial charge in [-0.2, -0.15) is 5.10 Å². The molecule has 1 aromatic carbocycles. The summed E-state index contributed by atoms with van der Waals surface area (Å²) in [4.78, 5) is 0. The summed E-state index contributed by atoms with van der Waals surface area (Å²) in [6.07, 6.45) is 1.47. The topological polar surface area (TPSA) is 43.8 Å². The highest BCUT2D eigenvalue weighted by molar-refractivity contribution is 9.10. The van der Waals surface area contributed by atoms with Gasteiger partial charge in [-0.05, 0) is 53.9 Å². The summed E-state index contributed by atoms with van der Waals surface area (Å²) in [7, 11) is 0. The van der Waals surface area contributed by atoms with E-state index in [2.05, 4.69) is 28.0 Å². The van der Waals surface area contributed by atoms with E-state index in [4.69, 9.17) is 5.73 Å². The molecular formula is C15H19BrFN3. The van der Waals surface area contributed by atoms with Crippen LogP contribution in [0.2, 0.25) is 0 Å². The largest absolute Gasteiger partial charge is 0.327 e. The van der Waals surface area contributed by atoms with Crippen LogP contribution in [0.15, 0.2) is 28.7 Å². The Morgan fingerprint density at radius 1 is 1.30 bits per heavy atom. The molecule has 108 valence electrons. The molecule has 0 bridgehead atoms. The van der Waals surface area contributed by atoms with Crippen LogP contribution < -0.4 is 5.73 Å². The minimum absolute atomic E-state index is 0.0156. The molecule has 0 amide bonds. The van der Waals surface area contributed by atoms with E-state index in [0.717, 1.165) is 40.8 Å². The van der Waals surface area contributed by atoms with Gasteiger partial charge in [-0.15, -0.1) is 0 Å². The first kappa shape index (κ1) is 15.2. The third-order valence-corrected chi connectivity index (χ3v) is 4.35. The Balaban J connectivity index is 2.08. The third-order valence-electron chi connectivity index (χ3n) is 3.32. The molecule has 5 heteroatoms. The maximum absolute atomic E-state index is 12.9. The van der Waals surface area contributed by atoms with E-state index in [-0.39, 0.29) is 11.9 Å². The van der Waals surface area contributed by atoms with Crippen molar-refractivity contribution < 1.29 is 4.39 Å². The van der Waals surface area contributed by atoms with E-state index in [0.29, 0.717) is 0 Å². The summed E-state index contributed by atoms with van der Waals surface area (Å²) < 4.78 is 15.9. The van der Waals surface area contributed by atoms with E-state index in [1.54, 1.807) is 12.1 Å². The third kappa shape index (κ3) is 3.46. The molecule has 2 aromatic rings. The Labute approximate surface area is 127 Å². The van der Waals surface area contributed by atoms with E-state index in [9.17, 15) is 4.39 Å². The van der Waals surface area contributed by atoms with Crippen molar-refractivity contribution in [3.05, 3.63) is 51.5 Å². The molecule has 0 fully saturated rings. The minimum Gasteiger partial charge on any atom is -0.327 e. The Morgan fingerprint density at radius 2 is 1.95 bits per heavy atom. The Kier molecular flexibility index (Phi) is 4.94. The lowest BCUT2D eigenvalue weighted by Crippen LogP contribution is -2.27. The molecule has 1 unspecified atom stereocenters. The number of rotatable bonds is 5. The Hall–Kier alpha value is -1.20. The van der Waals surface area contributed by atoms with Crippen molar-refractivity contribution in [3.63, 3.8) is 0 Å². The average Bonchev–Trinajstić information content (AvgIpc) is 2.69. The zero-order valence-corrected chi connectivity index (χ0v) is 13.3. The van der Waals surface area contributed by atoms with Crippen LogP contribution in [-0.4, -0.2) is 15.8 Å². The fourth-order valence-electron chi connectivity index (χ4n) is 2.31. The Bertz CT molecular complexity index is 578. The van der Waals surface area contributed by atoms with Gasteiger partial charge in [-0.1, -0.05) is 12.1 Å². The van der Waals surface area contributed by atoms with Gasteiger partial charge in [0, 0.05) is 19.0 Å². The van der Waals surface area contributed by atoms with Gasteiger partial charge >= 0.3 is 0 Å². The molecule has 2 N–H and O–H groups in total. The number of nitrogens with zero attached hydrogens (tertiary/aromatic N) is 2. The van der Waals surface area contributed by atoms with Gasteiger partial charge in [0.15, 0.2) is 0 Å². The Morgan fingerprint density at radius 3 is 2.55 bits per heavy atom. The molecule has 0 aliphatic heterocycles. The number of aryl methyl sites for hydroxylation is 2. The molecule has 0 saturated carbocycles. The van der Waals surface area contributed by atoms with Crippen molar-refractivity contribution in [1.29, 1.82) is 0 Å². The van der Waals surface area contributed by atoms with Crippen molar-refractivity contribution in [2.45, 2.75) is 39.3 Å². The summed E-state index contributed by atoms with van der Waals surface area (Å²) in [6, 6.07) is 6.49. The van der Waals surface area contributed by atoms with Crippen LogP contribution in [0.4, 0.5) is 4.39 Å². The summed E-state index contributed by atoms with van der Waals surface area (Å²) in [6.45, 7) is 4.87. The van der Waals surface area contributed by atoms with E-state index < -0.39 is 0 Å². The molecule has 20 heavy (non-hydrogen) atoms. The predicted octanol–water partition coefficient (Wildman–Crippen LogP) is 3.23. The average molecular weight is 340 g/mol. The highest BCUT2D eigenvalue weighted by Crippen LogP contribution is 2.22. The van der Waals surface area contributed by atoms with Gasteiger partial charge in [0.1, 0.15) is 5.82 Å². The summed E-state index contributed by atoms with van der Waals surface area (Å²) in [5.41, 5.74) is 9.38. The first-order chi connectivity index (χ1) is 9.51. The van der Waals surface area contributed by atoms with E-state index in [1.165, 1.54) is 12.1 Å². The molecular weight excluding hydrogens is 321 g/mol. The summed E-state index contributed by atoms with van der Waals surface area (Å²) in [5, 5.41) is 4.47. The second-order valence-electron chi connectivity index (χ2n) is 4.96. The predicted molar refractivity (Wildman–Crippen MR) is 82.1 cm³/mol. The second kappa shape index (κ2) is 6.50. The van der Waals surface area contributed by atoms with Gasteiger partial charge in [0.05, 0.1) is 15.9 Å². The standard InChI is InChI=1S/C15H19BrFN3/c1-3-20-14(15(16)10(2)19-20)9-13(18)8-11-4-6-12(17)7-5-11/h4-7,13H,3,8-9,18H2,1-2H3. The lowest BCUT2D eigenvalue weighted by molar-refractivity contribution is 0.572. The van der Waals surface area contributed by atoms with Crippen LogP contribution in [-0.2, 0) is 19.4 Å². The number of nitrogens with two attached hydrogens (primary N) is 1. The lowest BCUT2D eigenvalue weighted by Gasteiger charge is -2.13. The minimum atomic E-state index is -0.218. The van der Waals surface area contributed by atoms with E-state index in [1.807, 2.05) is 11.6 Å². The van der Waals surface area contributed by atoms with Crippen molar-refractivity contribution >= 4 is 15.9 Å². The van der Waals surface area contributed by atoms with Crippen LogP contribution in [0.3, 0.4) is 0 Å². The van der Waals surface area contributed by atoms with Crippen molar-refractivity contribution in [1.82, 2.24) is 9.78 Å². The highest BCUT2D eigenvalue weighted by atomic mass is 79.9. The van der Waals surface area contributed by atoms with Gasteiger partial charge < -0.3 is 5.73 Å². The van der Waals surface area contributed by atoms with Gasteiger partial charge in [0.25, 0.3) is 0 Å². The van der Waals surface area contributed by atoms with Crippen LogP contribution >= 0.6 is 15.9 Å². The SMILES string of the molecule is CCn1nc(C)c(Br)c1CC(N)Cc1ccc(F)cc1. The molecule has 1 atom stereocenters. The molecule has 0 aliphatic rings. The summed E-state index contributed by atoms with van der Waals surface area (Å²) >= 11 is 3.58. The monoisotopic (exact) mass is 339 g/mol. The van der Waals surface area contributed by atoms with Crippen LogP contribution in [0.5, 0.6) is 0 Å². The zero-order valence-electron chi connectivity index (χ0n) is 11.7. The number of aromatic nitrogens is 2. The highest BCUT2D eigenvalue weighted by Gasteiger charge is 2.15. The number of benzene rings is 1. The normalized spacial score (nSPS) is 12.7. The summed E-state index contributed by atoms with van der Waals surface area (Å²) in [5.74, 6) is -0.218. The quantitative estimate of drug-likeness (QED) is 0.908.